The summed E-state index contributed by atoms with van der Waals surface area (Å²) in [5.74, 6) is 0.541. The minimum Gasteiger partial charge on any atom is -0.467 e. The molecule has 0 atom stereocenters. The van der Waals surface area contributed by atoms with Crippen LogP contribution in [0.1, 0.15) is 18.1 Å². The van der Waals surface area contributed by atoms with Crippen molar-refractivity contribution in [3.8, 4) is 6.01 Å². The van der Waals surface area contributed by atoms with Crippen LogP contribution < -0.4 is 15.8 Å². The van der Waals surface area contributed by atoms with Gasteiger partial charge in [-0.2, -0.15) is 15.0 Å². The van der Waals surface area contributed by atoms with Gasteiger partial charge in [0.25, 0.3) is 0 Å². The lowest BCUT2D eigenvalue weighted by atomic mass is 10.1. The molecule has 2 aromatic rings. The van der Waals surface area contributed by atoms with Gasteiger partial charge in [0.1, 0.15) is 0 Å². The van der Waals surface area contributed by atoms with Gasteiger partial charge in [-0.05, 0) is 17.5 Å². The molecule has 6 nitrogen and oxygen atoms in total. The Morgan fingerprint density at radius 3 is 2.42 bits per heavy atom. The molecule has 0 saturated carbocycles. The first kappa shape index (κ1) is 13.1. The predicted molar refractivity (Wildman–Crippen MR) is 73.9 cm³/mol. The standard InChI is InChI=1S/C13H17N5O/c1-3-9-4-6-10(7-5-9)8-15-12-16-11(14)17-13(18-12)19-2/h4-7H,3,8H2,1-2H3,(H3,14,15,16,17,18). The van der Waals surface area contributed by atoms with E-state index in [1.54, 1.807) is 0 Å². The smallest absolute Gasteiger partial charge is 0.322 e. The Kier molecular flexibility index (Phi) is 4.12. The number of methoxy groups -OCH3 is 1. The third-order valence-corrected chi connectivity index (χ3v) is 2.70. The molecule has 1 aromatic carbocycles. The first-order valence-corrected chi connectivity index (χ1v) is 6.08. The molecule has 0 unspecified atom stereocenters. The summed E-state index contributed by atoms with van der Waals surface area (Å²) in [4.78, 5) is 11.9. The third-order valence-electron chi connectivity index (χ3n) is 2.70. The number of hydrogen-bond donors (Lipinski definition) is 2. The van der Waals surface area contributed by atoms with Crippen molar-refractivity contribution in [2.24, 2.45) is 0 Å². The van der Waals surface area contributed by atoms with Gasteiger partial charge >= 0.3 is 6.01 Å². The molecule has 100 valence electrons. The summed E-state index contributed by atoms with van der Waals surface area (Å²) in [7, 11) is 1.49. The Balaban J connectivity index is 2.03. The summed E-state index contributed by atoms with van der Waals surface area (Å²) >= 11 is 0. The van der Waals surface area contributed by atoms with E-state index < -0.39 is 0 Å². The van der Waals surface area contributed by atoms with E-state index in [2.05, 4.69) is 51.5 Å². The molecule has 19 heavy (non-hydrogen) atoms. The van der Waals surface area contributed by atoms with Crippen molar-refractivity contribution in [1.29, 1.82) is 0 Å². The SMILES string of the molecule is CCc1ccc(CNc2nc(N)nc(OC)n2)cc1. The summed E-state index contributed by atoms with van der Waals surface area (Å²) in [6.45, 7) is 2.75. The van der Waals surface area contributed by atoms with Crippen molar-refractivity contribution in [1.82, 2.24) is 15.0 Å². The first-order valence-electron chi connectivity index (χ1n) is 6.08. The zero-order chi connectivity index (χ0) is 13.7. The van der Waals surface area contributed by atoms with Gasteiger partial charge in [0.2, 0.25) is 11.9 Å². The zero-order valence-electron chi connectivity index (χ0n) is 11.1. The highest BCUT2D eigenvalue weighted by Crippen LogP contribution is 2.10. The van der Waals surface area contributed by atoms with Gasteiger partial charge in [0, 0.05) is 6.54 Å². The molecule has 0 aliphatic heterocycles. The van der Waals surface area contributed by atoms with E-state index >= 15 is 0 Å². The van der Waals surface area contributed by atoms with Crippen LogP contribution in [-0.2, 0) is 13.0 Å². The lowest BCUT2D eigenvalue weighted by molar-refractivity contribution is 0.379. The van der Waals surface area contributed by atoms with E-state index in [9.17, 15) is 0 Å². The molecule has 3 N–H and O–H groups in total. The van der Waals surface area contributed by atoms with Crippen molar-refractivity contribution >= 4 is 11.9 Å². The molecular formula is C13H17N5O. The maximum atomic E-state index is 5.56. The summed E-state index contributed by atoms with van der Waals surface area (Å²) in [5.41, 5.74) is 8.02. The quantitative estimate of drug-likeness (QED) is 0.849. The fourth-order valence-corrected chi connectivity index (χ4v) is 1.62. The fourth-order valence-electron chi connectivity index (χ4n) is 1.62. The largest absolute Gasteiger partial charge is 0.467 e. The van der Waals surface area contributed by atoms with E-state index in [0.717, 1.165) is 12.0 Å². The second kappa shape index (κ2) is 5.99. The topological polar surface area (TPSA) is 86.0 Å². The van der Waals surface area contributed by atoms with Crippen LogP contribution in [0.5, 0.6) is 6.01 Å². The second-order valence-electron chi connectivity index (χ2n) is 4.03. The van der Waals surface area contributed by atoms with Gasteiger partial charge in [0.15, 0.2) is 0 Å². The number of nitrogen functional groups attached to an aromatic ring is 1. The van der Waals surface area contributed by atoms with Crippen LogP contribution in [0.4, 0.5) is 11.9 Å². The number of rotatable bonds is 5. The maximum Gasteiger partial charge on any atom is 0.322 e. The van der Waals surface area contributed by atoms with Crippen LogP contribution in [0.25, 0.3) is 0 Å². The van der Waals surface area contributed by atoms with Gasteiger partial charge in [-0.1, -0.05) is 31.2 Å². The van der Waals surface area contributed by atoms with Gasteiger partial charge in [-0.3, -0.25) is 0 Å². The normalized spacial score (nSPS) is 10.2. The van der Waals surface area contributed by atoms with Gasteiger partial charge in [-0.15, -0.1) is 0 Å². The van der Waals surface area contributed by atoms with Crippen molar-refractivity contribution in [3.05, 3.63) is 35.4 Å². The molecule has 1 aromatic heterocycles. The number of benzene rings is 1. The molecule has 1 heterocycles. The molecular weight excluding hydrogens is 242 g/mol. The highest BCUT2D eigenvalue weighted by Gasteiger charge is 2.03. The molecule has 0 aliphatic rings. The Bertz CT molecular complexity index is 541. The van der Waals surface area contributed by atoms with E-state index in [1.807, 2.05) is 0 Å². The minimum absolute atomic E-state index is 0.135. The van der Waals surface area contributed by atoms with E-state index in [-0.39, 0.29) is 12.0 Å². The first-order chi connectivity index (χ1) is 9.21. The van der Waals surface area contributed by atoms with Gasteiger partial charge in [-0.25, -0.2) is 0 Å². The Morgan fingerprint density at radius 1 is 1.11 bits per heavy atom. The summed E-state index contributed by atoms with van der Waals surface area (Å²) in [6.07, 6.45) is 1.04. The molecule has 6 heteroatoms. The summed E-state index contributed by atoms with van der Waals surface area (Å²) in [5, 5.41) is 3.09. The number of aromatic nitrogens is 3. The number of hydrogen-bond acceptors (Lipinski definition) is 6. The van der Waals surface area contributed by atoms with Crippen molar-refractivity contribution in [2.75, 3.05) is 18.2 Å². The molecule has 0 aliphatic carbocycles. The average Bonchev–Trinajstić information content (AvgIpc) is 2.45. The Hall–Kier alpha value is -2.37. The number of nitrogens with zero attached hydrogens (tertiary/aromatic N) is 3. The number of ether oxygens (including phenoxy) is 1. The van der Waals surface area contributed by atoms with Gasteiger partial charge < -0.3 is 15.8 Å². The molecule has 0 fully saturated rings. The van der Waals surface area contributed by atoms with Crippen LogP contribution in [0.2, 0.25) is 0 Å². The molecule has 0 bridgehead atoms. The van der Waals surface area contributed by atoms with Crippen LogP contribution >= 0.6 is 0 Å². The lowest BCUT2D eigenvalue weighted by Gasteiger charge is -2.07. The van der Waals surface area contributed by atoms with Gasteiger partial charge in [0.05, 0.1) is 7.11 Å². The average molecular weight is 259 g/mol. The monoisotopic (exact) mass is 259 g/mol. The Labute approximate surface area is 112 Å². The predicted octanol–water partition coefficient (Wildman–Crippen LogP) is 1.64. The number of anilines is 2. The fraction of sp³-hybridized carbons (Fsp3) is 0.308. The molecule has 0 saturated heterocycles. The van der Waals surface area contributed by atoms with Crippen LogP contribution in [0.3, 0.4) is 0 Å². The number of aryl methyl sites for hydroxylation is 1. The van der Waals surface area contributed by atoms with Crippen LogP contribution in [0, 0.1) is 0 Å². The number of nitrogens with one attached hydrogen (secondary N) is 1. The molecule has 2 rings (SSSR count). The molecule has 0 radical (unpaired) electrons. The second-order valence-corrected chi connectivity index (χ2v) is 4.03. The molecule has 0 spiro atoms. The summed E-state index contributed by atoms with van der Waals surface area (Å²) in [6, 6.07) is 8.58. The van der Waals surface area contributed by atoms with Crippen molar-refractivity contribution in [2.45, 2.75) is 19.9 Å². The van der Waals surface area contributed by atoms with Crippen molar-refractivity contribution < 1.29 is 4.74 Å². The minimum atomic E-state index is 0.135. The van der Waals surface area contributed by atoms with Crippen LogP contribution in [0.15, 0.2) is 24.3 Å². The summed E-state index contributed by atoms with van der Waals surface area (Å²) < 4.78 is 4.94. The maximum absolute atomic E-state index is 5.56. The van der Waals surface area contributed by atoms with E-state index in [1.165, 1.54) is 12.7 Å². The Morgan fingerprint density at radius 2 is 1.79 bits per heavy atom. The van der Waals surface area contributed by atoms with Crippen LogP contribution in [-0.4, -0.2) is 22.1 Å². The van der Waals surface area contributed by atoms with Crippen molar-refractivity contribution in [3.63, 3.8) is 0 Å². The zero-order valence-corrected chi connectivity index (χ0v) is 11.1. The highest BCUT2D eigenvalue weighted by atomic mass is 16.5. The van der Waals surface area contributed by atoms with E-state index in [4.69, 9.17) is 10.5 Å². The molecule has 0 amide bonds. The van der Waals surface area contributed by atoms with E-state index in [0.29, 0.717) is 12.5 Å². The lowest BCUT2D eigenvalue weighted by Crippen LogP contribution is -2.08. The third kappa shape index (κ3) is 3.54. The number of nitrogens with two attached hydrogens (primary N) is 1. The highest BCUT2D eigenvalue weighted by molar-refractivity contribution is 5.34.